The summed E-state index contributed by atoms with van der Waals surface area (Å²) in [7, 11) is 2.20. The second-order valence-corrected chi connectivity index (χ2v) is 6.16. The Morgan fingerprint density at radius 3 is 2.90 bits per heavy atom. The molecule has 1 aromatic rings. The molecule has 0 aliphatic carbocycles. The van der Waals surface area contributed by atoms with E-state index in [1.807, 2.05) is 6.20 Å². The van der Waals surface area contributed by atoms with Crippen LogP contribution in [-0.2, 0) is 11.2 Å². The molecule has 4 nitrogen and oxygen atoms in total. The molecule has 0 radical (unpaired) electrons. The second kappa shape index (κ2) is 5.70. The maximum atomic E-state index is 6.17. The summed E-state index contributed by atoms with van der Waals surface area (Å²) in [6.45, 7) is 7.20. The summed E-state index contributed by atoms with van der Waals surface area (Å²) in [6, 6.07) is 4.35. The summed E-state index contributed by atoms with van der Waals surface area (Å²) < 4.78 is 6.17. The molecule has 2 aliphatic heterocycles. The fraction of sp³-hybridized carbons (Fsp3) is 0.688. The molecule has 110 valence electrons. The Labute approximate surface area is 121 Å². The van der Waals surface area contributed by atoms with Gasteiger partial charge in [-0.15, -0.1) is 0 Å². The first-order valence-corrected chi connectivity index (χ1v) is 7.73. The van der Waals surface area contributed by atoms with Crippen molar-refractivity contribution in [2.75, 3.05) is 44.7 Å². The molecule has 3 rings (SSSR count). The highest BCUT2D eigenvalue weighted by Gasteiger charge is 2.39. The molecule has 0 N–H and O–H groups in total. The summed E-state index contributed by atoms with van der Waals surface area (Å²) >= 11 is 0. The van der Waals surface area contributed by atoms with Gasteiger partial charge in [-0.2, -0.15) is 0 Å². The zero-order chi connectivity index (χ0) is 14.0. The predicted molar refractivity (Wildman–Crippen MR) is 81.2 cm³/mol. The SMILES string of the molecule is CCc1ccc(N2CCCC3(CN(C)CCO3)C2)cn1. The van der Waals surface area contributed by atoms with Gasteiger partial charge in [-0.25, -0.2) is 0 Å². The summed E-state index contributed by atoms with van der Waals surface area (Å²) in [6.07, 6.45) is 5.39. The van der Waals surface area contributed by atoms with E-state index in [1.54, 1.807) is 0 Å². The molecule has 0 bridgehead atoms. The highest BCUT2D eigenvalue weighted by molar-refractivity contribution is 5.45. The molecule has 2 aliphatic rings. The fourth-order valence-electron chi connectivity index (χ4n) is 3.41. The average Bonchev–Trinajstić information content (AvgIpc) is 2.47. The molecule has 0 aromatic carbocycles. The summed E-state index contributed by atoms with van der Waals surface area (Å²) in [5.41, 5.74) is 2.42. The lowest BCUT2D eigenvalue weighted by atomic mass is 9.90. The highest BCUT2D eigenvalue weighted by Crippen LogP contribution is 2.31. The largest absolute Gasteiger partial charge is 0.370 e. The molecule has 0 saturated carbocycles. The number of hydrogen-bond acceptors (Lipinski definition) is 4. The van der Waals surface area contributed by atoms with Crippen LogP contribution in [0.3, 0.4) is 0 Å². The second-order valence-electron chi connectivity index (χ2n) is 6.16. The molecule has 2 saturated heterocycles. The van der Waals surface area contributed by atoms with E-state index >= 15 is 0 Å². The van der Waals surface area contributed by atoms with Crippen LogP contribution in [0.25, 0.3) is 0 Å². The third-order valence-corrected chi connectivity index (χ3v) is 4.52. The first kappa shape index (κ1) is 13.8. The Morgan fingerprint density at radius 2 is 2.20 bits per heavy atom. The van der Waals surface area contributed by atoms with Crippen LogP contribution in [0, 0.1) is 0 Å². The van der Waals surface area contributed by atoms with E-state index in [-0.39, 0.29) is 5.60 Å². The third-order valence-electron chi connectivity index (χ3n) is 4.52. The normalized spacial score (nSPS) is 28.0. The molecule has 2 fully saturated rings. The maximum absolute atomic E-state index is 6.17. The van der Waals surface area contributed by atoms with Crippen molar-refractivity contribution < 1.29 is 4.74 Å². The van der Waals surface area contributed by atoms with Gasteiger partial charge in [0.05, 0.1) is 24.1 Å². The monoisotopic (exact) mass is 275 g/mol. The lowest BCUT2D eigenvalue weighted by Crippen LogP contribution is -2.59. The van der Waals surface area contributed by atoms with Gasteiger partial charge in [0.25, 0.3) is 0 Å². The Kier molecular flexibility index (Phi) is 3.94. The molecule has 1 atom stereocenters. The van der Waals surface area contributed by atoms with Crippen molar-refractivity contribution in [3.05, 3.63) is 24.0 Å². The minimum Gasteiger partial charge on any atom is -0.370 e. The summed E-state index contributed by atoms with van der Waals surface area (Å²) in [5, 5.41) is 0. The first-order chi connectivity index (χ1) is 9.71. The molecular formula is C16H25N3O. The van der Waals surface area contributed by atoms with Crippen molar-refractivity contribution in [1.82, 2.24) is 9.88 Å². The standard InChI is InChI=1S/C16H25N3O/c1-3-14-5-6-15(11-17-14)19-8-4-7-16(13-19)12-18(2)9-10-20-16/h5-6,11H,3-4,7-10,12-13H2,1-2H3. The van der Waals surface area contributed by atoms with Crippen LogP contribution in [0.2, 0.25) is 0 Å². The van der Waals surface area contributed by atoms with Crippen molar-refractivity contribution in [2.45, 2.75) is 31.8 Å². The summed E-state index contributed by atoms with van der Waals surface area (Å²) in [4.78, 5) is 9.36. The Morgan fingerprint density at radius 1 is 1.30 bits per heavy atom. The molecule has 1 spiro atoms. The Balaban J connectivity index is 1.73. The molecule has 20 heavy (non-hydrogen) atoms. The van der Waals surface area contributed by atoms with Gasteiger partial charge in [0.1, 0.15) is 0 Å². The number of piperidine rings is 1. The number of hydrogen-bond donors (Lipinski definition) is 0. The van der Waals surface area contributed by atoms with E-state index in [1.165, 1.54) is 18.5 Å². The zero-order valence-electron chi connectivity index (χ0n) is 12.6. The Hall–Kier alpha value is -1.13. The lowest BCUT2D eigenvalue weighted by molar-refractivity contribution is -0.108. The number of aryl methyl sites for hydroxylation is 1. The van der Waals surface area contributed by atoms with Crippen LogP contribution in [-0.4, -0.2) is 55.3 Å². The van der Waals surface area contributed by atoms with Gasteiger partial charge in [0.15, 0.2) is 0 Å². The van der Waals surface area contributed by atoms with E-state index in [0.717, 1.165) is 44.9 Å². The van der Waals surface area contributed by atoms with Gasteiger partial charge in [-0.1, -0.05) is 6.92 Å². The van der Waals surface area contributed by atoms with Crippen LogP contribution in [0.4, 0.5) is 5.69 Å². The van der Waals surface area contributed by atoms with Crippen molar-refractivity contribution >= 4 is 5.69 Å². The number of rotatable bonds is 2. The smallest absolute Gasteiger partial charge is 0.0983 e. The van der Waals surface area contributed by atoms with Crippen LogP contribution in [0.15, 0.2) is 18.3 Å². The van der Waals surface area contributed by atoms with Crippen LogP contribution >= 0.6 is 0 Å². The first-order valence-electron chi connectivity index (χ1n) is 7.73. The zero-order valence-corrected chi connectivity index (χ0v) is 12.6. The maximum Gasteiger partial charge on any atom is 0.0983 e. The van der Waals surface area contributed by atoms with E-state index in [0.29, 0.717) is 0 Å². The highest BCUT2D eigenvalue weighted by atomic mass is 16.5. The van der Waals surface area contributed by atoms with Gasteiger partial charge in [0, 0.05) is 31.9 Å². The fourth-order valence-corrected chi connectivity index (χ4v) is 3.41. The number of aromatic nitrogens is 1. The number of ether oxygens (including phenoxy) is 1. The van der Waals surface area contributed by atoms with Crippen LogP contribution in [0.5, 0.6) is 0 Å². The number of morpholine rings is 1. The van der Waals surface area contributed by atoms with Crippen LogP contribution in [0.1, 0.15) is 25.5 Å². The minimum atomic E-state index is 0.0225. The number of anilines is 1. The van der Waals surface area contributed by atoms with Crippen molar-refractivity contribution in [2.24, 2.45) is 0 Å². The van der Waals surface area contributed by atoms with Gasteiger partial charge < -0.3 is 14.5 Å². The van der Waals surface area contributed by atoms with Gasteiger partial charge in [-0.3, -0.25) is 4.98 Å². The molecule has 4 heteroatoms. The number of pyridine rings is 1. The van der Waals surface area contributed by atoms with Crippen LogP contribution < -0.4 is 4.90 Å². The van der Waals surface area contributed by atoms with E-state index in [2.05, 4.69) is 40.9 Å². The average molecular weight is 275 g/mol. The molecule has 0 amide bonds. The lowest BCUT2D eigenvalue weighted by Gasteiger charge is -2.47. The van der Waals surface area contributed by atoms with Crippen molar-refractivity contribution in [1.29, 1.82) is 0 Å². The van der Waals surface area contributed by atoms with E-state index in [4.69, 9.17) is 4.74 Å². The van der Waals surface area contributed by atoms with Gasteiger partial charge in [0.2, 0.25) is 0 Å². The third kappa shape index (κ3) is 2.81. The molecule has 1 unspecified atom stereocenters. The number of likely N-dealkylation sites (N-methyl/N-ethyl adjacent to an activating group) is 1. The quantitative estimate of drug-likeness (QED) is 0.825. The van der Waals surface area contributed by atoms with Crippen molar-refractivity contribution in [3.63, 3.8) is 0 Å². The Bertz CT molecular complexity index is 444. The molecule has 3 heterocycles. The summed E-state index contributed by atoms with van der Waals surface area (Å²) in [5.74, 6) is 0. The van der Waals surface area contributed by atoms with E-state index in [9.17, 15) is 0 Å². The minimum absolute atomic E-state index is 0.0225. The molecule has 1 aromatic heterocycles. The molecular weight excluding hydrogens is 250 g/mol. The van der Waals surface area contributed by atoms with Gasteiger partial charge in [-0.05, 0) is 38.4 Å². The topological polar surface area (TPSA) is 28.6 Å². The van der Waals surface area contributed by atoms with E-state index < -0.39 is 0 Å². The van der Waals surface area contributed by atoms with Gasteiger partial charge >= 0.3 is 0 Å². The predicted octanol–water partition coefficient (Wildman–Crippen LogP) is 1.94. The number of nitrogens with zero attached hydrogens (tertiary/aromatic N) is 3. The van der Waals surface area contributed by atoms with Crippen molar-refractivity contribution in [3.8, 4) is 0 Å².